The number of rotatable bonds is 5. The summed E-state index contributed by atoms with van der Waals surface area (Å²) in [7, 11) is -4.07. The van der Waals surface area contributed by atoms with Crippen molar-refractivity contribution in [1.82, 2.24) is 0 Å². The first-order valence-electron chi connectivity index (χ1n) is 5.00. The molecule has 0 aliphatic rings. The highest BCUT2D eigenvalue weighted by molar-refractivity contribution is 7.92. The average Bonchev–Trinajstić information content (AvgIpc) is 2.28. The number of carbonyl (C=O) groups is 1. The van der Waals surface area contributed by atoms with Gasteiger partial charge in [-0.3, -0.25) is 14.9 Å². The van der Waals surface area contributed by atoms with Crippen LogP contribution in [0.2, 0.25) is 0 Å². The molecule has 0 saturated heterocycles. The number of nitro groups is 1. The zero-order chi connectivity index (χ0) is 13.8. The quantitative estimate of drug-likeness (QED) is 0.449. The Hall–Kier alpha value is -1.96. The van der Waals surface area contributed by atoms with Crippen molar-refractivity contribution in [2.24, 2.45) is 0 Å². The molecule has 7 nitrogen and oxygen atoms in total. The van der Waals surface area contributed by atoms with E-state index in [9.17, 15) is 23.3 Å². The fraction of sp³-hybridized carbons (Fsp3) is 0.300. The molecule has 0 radical (unpaired) electrons. The van der Waals surface area contributed by atoms with Gasteiger partial charge in [0.1, 0.15) is 4.90 Å². The molecule has 0 fully saturated rings. The highest BCUT2D eigenvalue weighted by Crippen LogP contribution is 2.23. The maximum atomic E-state index is 11.8. The second-order valence-electron chi connectivity index (χ2n) is 3.29. The van der Waals surface area contributed by atoms with Crippen LogP contribution in [0, 0.1) is 10.1 Å². The van der Waals surface area contributed by atoms with Crippen LogP contribution < -0.4 is 0 Å². The fourth-order valence-electron chi connectivity index (χ4n) is 1.31. The lowest BCUT2D eigenvalue weighted by Gasteiger charge is -2.04. The minimum absolute atomic E-state index is 0.0469. The third-order valence-corrected chi connectivity index (χ3v) is 3.64. The maximum Gasteiger partial charge on any atom is 0.321 e. The molecule has 1 rings (SSSR count). The molecule has 0 saturated carbocycles. The molecule has 0 unspecified atom stereocenters. The minimum Gasteiger partial charge on any atom is -0.465 e. The fourth-order valence-corrected chi connectivity index (χ4v) is 2.60. The van der Waals surface area contributed by atoms with Crippen molar-refractivity contribution in [1.29, 1.82) is 0 Å². The van der Waals surface area contributed by atoms with Gasteiger partial charge in [-0.05, 0) is 13.0 Å². The molecule has 1 aromatic carbocycles. The van der Waals surface area contributed by atoms with Crippen molar-refractivity contribution >= 4 is 21.5 Å². The first-order valence-corrected chi connectivity index (χ1v) is 6.65. The van der Waals surface area contributed by atoms with E-state index in [0.717, 1.165) is 12.1 Å². The van der Waals surface area contributed by atoms with Gasteiger partial charge in [-0.25, -0.2) is 8.42 Å². The zero-order valence-electron chi connectivity index (χ0n) is 9.53. The highest BCUT2D eigenvalue weighted by Gasteiger charge is 2.27. The number of sulfone groups is 1. The third-order valence-electron chi connectivity index (χ3n) is 2.01. The smallest absolute Gasteiger partial charge is 0.321 e. The summed E-state index contributed by atoms with van der Waals surface area (Å²) in [5.74, 6) is -1.85. The number of nitro benzene ring substituents is 1. The molecule has 0 bridgehead atoms. The Bertz CT molecular complexity index is 565. The normalized spacial score (nSPS) is 10.9. The molecule has 18 heavy (non-hydrogen) atoms. The second kappa shape index (κ2) is 5.58. The van der Waals surface area contributed by atoms with E-state index in [0.29, 0.717) is 0 Å². The van der Waals surface area contributed by atoms with Crippen molar-refractivity contribution in [3.8, 4) is 0 Å². The minimum atomic E-state index is -4.07. The van der Waals surface area contributed by atoms with E-state index >= 15 is 0 Å². The van der Waals surface area contributed by atoms with E-state index in [1.165, 1.54) is 19.1 Å². The topological polar surface area (TPSA) is 104 Å². The summed E-state index contributed by atoms with van der Waals surface area (Å²) in [5.41, 5.74) is -0.554. The van der Waals surface area contributed by atoms with E-state index in [1.54, 1.807) is 0 Å². The van der Waals surface area contributed by atoms with Gasteiger partial charge < -0.3 is 4.74 Å². The maximum absolute atomic E-state index is 11.8. The van der Waals surface area contributed by atoms with Gasteiger partial charge in [0.2, 0.25) is 0 Å². The van der Waals surface area contributed by atoms with Gasteiger partial charge in [0.05, 0.1) is 11.5 Å². The lowest BCUT2D eigenvalue weighted by Crippen LogP contribution is -2.19. The zero-order valence-corrected chi connectivity index (χ0v) is 10.3. The molecule has 0 aliphatic heterocycles. The van der Waals surface area contributed by atoms with Gasteiger partial charge in [-0.1, -0.05) is 12.1 Å². The molecule has 1 aromatic rings. The molecule has 0 heterocycles. The average molecular weight is 273 g/mol. The number of para-hydroxylation sites is 1. The van der Waals surface area contributed by atoms with Crippen LogP contribution in [0.1, 0.15) is 6.92 Å². The van der Waals surface area contributed by atoms with Crippen molar-refractivity contribution in [3.63, 3.8) is 0 Å². The molecule has 0 spiro atoms. The van der Waals surface area contributed by atoms with Crippen LogP contribution in [0.4, 0.5) is 5.69 Å². The van der Waals surface area contributed by atoms with Crippen LogP contribution in [0.3, 0.4) is 0 Å². The Labute approximate surface area is 103 Å². The largest absolute Gasteiger partial charge is 0.465 e. The number of benzene rings is 1. The van der Waals surface area contributed by atoms with Crippen molar-refractivity contribution in [2.45, 2.75) is 11.8 Å². The first-order chi connectivity index (χ1) is 8.38. The Morgan fingerprint density at radius 2 is 2.00 bits per heavy atom. The predicted molar refractivity (Wildman–Crippen MR) is 61.8 cm³/mol. The van der Waals surface area contributed by atoms with Gasteiger partial charge in [0, 0.05) is 6.07 Å². The lowest BCUT2D eigenvalue weighted by atomic mass is 10.3. The van der Waals surface area contributed by atoms with Gasteiger partial charge in [-0.15, -0.1) is 0 Å². The molecule has 0 aromatic heterocycles. The van der Waals surface area contributed by atoms with Crippen molar-refractivity contribution in [2.75, 3.05) is 12.4 Å². The van der Waals surface area contributed by atoms with Gasteiger partial charge in [-0.2, -0.15) is 0 Å². The highest BCUT2D eigenvalue weighted by atomic mass is 32.2. The summed E-state index contributed by atoms with van der Waals surface area (Å²) < 4.78 is 28.2. The van der Waals surface area contributed by atoms with E-state index in [-0.39, 0.29) is 6.61 Å². The van der Waals surface area contributed by atoms with Crippen LogP contribution in [0.5, 0.6) is 0 Å². The van der Waals surface area contributed by atoms with E-state index in [1.807, 2.05) is 0 Å². The number of carbonyl (C=O) groups excluding carboxylic acids is 1. The van der Waals surface area contributed by atoms with Crippen LogP contribution in [-0.2, 0) is 19.4 Å². The summed E-state index contributed by atoms with van der Waals surface area (Å²) in [4.78, 5) is 20.6. The number of esters is 1. The number of ether oxygens (including phenoxy) is 1. The van der Waals surface area contributed by atoms with Crippen molar-refractivity contribution in [3.05, 3.63) is 34.4 Å². The van der Waals surface area contributed by atoms with Gasteiger partial charge in [0.25, 0.3) is 5.69 Å². The summed E-state index contributed by atoms with van der Waals surface area (Å²) >= 11 is 0. The third kappa shape index (κ3) is 3.27. The lowest BCUT2D eigenvalue weighted by molar-refractivity contribution is -0.387. The van der Waals surface area contributed by atoms with Crippen LogP contribution in [-0.4, -0.2) is 31.7 Å². The van der Waals surface area contributed by atoms with E-state index < -0.39 is 37.1 Å². The van der Waals surface area contributed by atoms with Crippen molar-refractivity contribution < 1.29 is 22.9 Å². The summed E-state index contributed by atoms with van der Waals surface area (Å²) in [6.07, 6.45) is 0. The predicted octanol–water partition coefficient (Wildman–Crippen LogP) is 0.932. The molecule has 0 atom stereocenters. The SMILES string of the molecule is CCOC(=O)CS(=O)(=O)c1ccccc1[N+](=O)[O-]. The van der Waals surface area contributed by atoms with Gasteiger partial charge >= 0.3 is 5.97 Å². The number of hydrogen-bond donors (Lipinski definition) is 0. The molecule has 0 N–H and O–H groups in total. The first kappa shape index (κ1) is 14.1. The number of nitrogens with zero attached hydrogens (tertiary/aromatic N) is 1. The Morgan fingerprint density at radius 1 is 1.39 bits per heavy atom. The second-order valence-corrected chi connectivity index (χ2v) is 5.25. The van der Waals surface area contributed by atoms with Gasteiger partial charge in [0.15, 0.2) is 15.6 Å². The van der Waals surface area contributed by atoms with E-state index in [4.69, 9.17) is 0 Å². The molecular weight excluding hydrogens is 262 g/mol. The molecule has 0 aliphatic carbocycles. The molecule has 98 valence electrons. The Balaban J connectivity index is 3.13. The number of hydrogen-bond acceptors (Lipinski definition) is 6. The monoisotopic (exact) mass is 273 g/mol. The molecule has 0 amide bonds. The molecule has 8 heteroatoms. The Kier molecular flexibility index (Phi) is 4.38. The van der Waals surface area contributed by atoms with Crippen LogP contribution in [0.15, 0.2) is 29.2 Å². The van der Waals surface area contributed by atoms with Crippen LogP contribution >= 0.6 is 0 Å². The van der Waals surface area contributed by atoms with E-state index in [2.05, 4.69) is 4.74 Å². The standard InChI is InChI=1S/C10H11NO6S/c1-2-17-10(12)7-18(15,16)9-6-4-3-5-8(9)11(13)14/h3-6H,2,7H2,1H3. The summed E-state index contributed by atoms with van der Waals surface area (Å²) in [6, 6.07) is 4.86. The summed E-state index contributed by atoms with van der Waals surface area (Å²) in [6.45, 7) is 1.58. The Morgan fingerprint density at radius 3 is 2.56 bits per heavy atom. The summed E-state index contributed by atoms with van der Waals surface area (Å²) in [5, 5.41) is 10.7. The molecular formula is C10H11NO6S. The van der Waals surface area contributed by atoms with Crippen LogP contribution in [0.25, 0.3) is 0 Å².